The van der Waals surface area contributed by atoms with Crippen LogP contribution in [0.5, 0.6) is 5.75 Å². The van der Waals surface area contributed by atoms with E-state index >= 15 is 0 Å². The Morgan fingerprint density at radius 2 is 1.72 bits per heavy atom. The lowest BCUT2D eigenvalue weighted by Crippen LogP contribution is -2.63. The highest BCUT2D eigenvalue weighted by Gasteiger charge is 2.72. The van der Waals surface area contributed by atoms with Gasteiger partial charge in [-0.1, -0.05) is 33.8 Å². The fourth-order valence-electron chi connectivity index (χ4n) is 10.8. The minimum Gasteiger partial charge on any atom is -0.508 e. The summed E-state index contributed by atoms with van der Waals surface area (Å²) in [6, 6.07) is 5.56. The molecule has 4 fully saturated rings. The number of hydrogen-bond donors (Lipinski definition) is 6. The highest BCUT2D eigenvalue weighted by molar-refractivity contribution is 5.95. The smallest absolute Gasteiger partial charge is 0.159 e. The minimum atomic E-state index is -1.33. The summed E-state index contributed by atoms with van der Waals surface area (Å²) in [7, 11) is 0. The van der Waals surface area contributed by atoms with Gasteiger partial charge in [0.25, 0.3) is 0 Å². The van der Waals surface area contributed by atoms with Gasteiger partial charge in [-0.3, -0.25) is 4.79 Å². The van der Waals surface area contributed by atoms with Crippen LogP contribution in [0, 0.1) is 40.4 Å². The SMILES string of the molecule is CC(C)[C@@H](C)[C@H]1O[C@H]1[C@](C)(O)[C@@H]1CC[C@]2(O)C3=CC(=O)[C@H]4C[C@@H](O)[C@@H](O)C[C@]4(C)[C@@H]3CC[C@]12CCc1cc(O)cc(CCCO)c1. The zero-order valence-electron chi connectivity index (χ0n) is 28.3. The second-order valence-electron chi connectivity index (χ2n) is 16.5. The maximum atomic E-state index is 13.8. The highest BCUT2D eigenvalue weighted by Crippen LogP contribution is 2.70. The molecular formula is C38H56O8. The molecule has 6 rings (SSSR count). The van der Waals surface area contributed by atoms with Gasteiger partial charge in [0.15, 0.2) is 5.78 Å². The van der Waals surface area contributed by atoms with Gasteiger partial charge in [-0.25, -0.2) is 0 Å². The van der Waals surface area contributed by atoms with Crippen LogP contribution < -0.4 is 0 Å². The number of fused-ring (bicyclic) bond motifs is 5. The number of carbonyl (C=O) groups is 1. The molecule has 1 aromatic carbocycles. The van der Waals surface area contributed by atoms with Gasteiger partial charge in [0.05, 0.1) is 29.5 Å². The monoisotopic (exact) mass is 640 g/mol. The number of aliphatic hydroxyl groups is 5. The van der Waals surface area contributed by atoms with Crippen molar-refractivity contribution in [3.05, 3.63) is 41.0 Å². The number of phenolic OH excluding ortho intramolecular Hbond substituents is 1. The fourth-order valence-corrected chi connectivity index (χ4v) is 10.8. The van der Waals surface area contributed by atoms with Gasteiger partial charge in [0, 0.05) is 17.9 Å². The zero-order chi connectivity index (χ0) is 33.4. The van der Waals surface area contributed by atoms with Crippen LogP contribution in [-0.2, 0) is 22.4 Å². The van der Waals surface area contributed by atoms with E-state index in [1.54, 1.807) is 18.2 Å². The number of phenols is 1. The van der Waals surface area contributed by atoms with Gasteiger partial charge >= 0.3 is 0 Å². The number of carbonyl (C=O) groups excluding carboxylic acids is 1. The summed E-state index contributed by atoms with van der Waals surface area (Å²) in [4.78, 5) is 13.8. The molecule has 1 aliphatic heterocycles. The molecule has 0 radical (unpaired) electrons. The predicted molar refractivity (Wildman–Crippen MR) is 174 cm³/mol. The Bertz CT molecular complexity index is 1350. The number of ketones is 1. The van der Waals surface area contributed by atoms with Crippen molar-refractivity contribution in [2.75, 3.05) is 6.61 Å². The molecule has 0 aromatic heterocycles. The van der Waals surface area contributed by atoms with Crippen molar-refractivity contribution in [1.82, 2.24) is 0 Å². The molecule has 0 spiro atoms. The topological polar surface area (TPSA) is 151 Å². The third-order valence-corrected chi connectivity index (χ3v) is 13.7. The molecule has 0 bridgehead atoms. The number of aryl methyl sites for hydroxylation is 2. The first-order valence-electron chi connectivity index (χ1n) is 17.7. The third-order valence-electron chi connectivity index (χ3n) is 13.7. The van der Waals surface area contributed by atoms with E-state index in [-0.39, 0.29) is 54.5 Å². The molecule has 256 valence electrons. The number of benzene rings is 1. The summed E-state index contributed by atoms with van der Waals surface area (Å²) >= 11 is 0. The van der Waals surface area contributed by atoms with Gasteiger partial charge in [-0.15, -0.1) is 0 Å². The zero-order valence-corrected chi connectivity index (χ0v) is 28.3. The van der Waals surface area contributed by atoms with Crippen LogP contribution >= 0.6 is 0 Å². The molecule has 12 atom stereocenters. The molecule has 4 aliphatic carbocycles. The minimum absolute atomic E-state index is 0.0532. The van der Waals surface area contributed by atoms with Crippen LogP contribution in [0.1, 0.15) is 97.1 Å². The molecule has 8 nitrogen and oxygen atoms in total. The Labute approximate surface area is 273 Å². The van der Waals surface area contributed by atoms with E-state index in [4.69, 9.17) is 4.74 Å². The number of hydrogen-bond acceptors (Lipinski definition) is 8. The van der Waals surface area contributed by atoms with Crippen molar-refractivity contribution in [3.63, 3.8) is 0 Å². The van der Waals surface area contributed by atoms with Crippen LogP contribution in [0.25, 0.3) is 0 Å². The molecule has 0 unspecified atom stereocenters. The van der Waals surface area contributed by atoms with Gasteiger partial charge in [-0.2, -0.15) is 0 Å². The Morgan fingerprint density at radius 3 is 2.39 bits per heavy atom. The predicted octanol–water partition coefficient (Wildman–Crippen LogP) is 4.24. The Hall–Kier alpha value is -1.81. The van der Waals surface area contributed by atoms with Crippen molar-refractivity contribution in [2.45, 2.75) is 134 Å². The standard InChI is InChI=1S/C38H56O8/c1-21(2)22(3)33-34(46-33)36(5,44)32-10-13-38(45)27-18-29(41)28-19-30(42)31(43)20-35(28,4)26(27)9-12-37(32,38)11-8-24-15-23(7-6-14-39)16-25(40)17-24/h15-18,21-22,26,28,30-34,39-40,42-45H,6-14,19-20H2,1-5H3/t22-,26-,28-,30-,31+,32+,33-,34-,35-,36-,37-,38+/m1/s1. The molecule has 3 saturated carbocycles. The van der Waals surface area contributed by atoms with E-state index < -0.39 is 40.2 Å². The number of aromatic hydroxyl groups is 1. The van der Waals surface area contributed by atoms with E-state index in [9.17, 15) is 35.4 Å². The third kappa shape index (κ3) is 5.30. The molecule has 46 heavy (non-hydrogen) atoms. The van der Waals surface area contributed by atoms with Crippen molar-refractivity contribution < 1.29 is 40.2 Å². The summed E-state index contributed by atoms with van der Waals surface area (Å²) in [5.74, 6) is -0.0421. The van der Waals surface area contributed by atoms with Crippen LogP contribution in [0.2, 0.25) is 0 Å². The second-order valence-corrected chi connectivity index (χ2v) is 16.5. The van der Waals surface area contributed by atoms with Crippen molar-refractivity contribution >= 4 is 5.78 Å². The largest absolute Gasteiger partial charge is 0.508 e. The normalized spacial score (nSPS) is 42.1. The summed E-state index contributed by atoms with van der Waals surface area (Å²) in [5.41, 5.74) is -1.23. The van der Waals surface area contributed by atoms with E-state index in [1.165, 1.54) is 0 Å². The average Bonchev–Trinajstić information content (AvgIpc) is 3.73. The Balaban J connectivity index is 1.39. The molecule has 5 aliphatic rings. The van der Waals surface area contributed by atoms with E-state index in [2.05, 4.69) is 33.8 Å². The van der Waals surface area contributed by atoms with Crippen molar-refractivity contribution in [3.8, 4) is 5.75 Å². The molecular weight excluding hydrogens is 584 g/mol. The number of allylic oxidation sites excluding steroid dienone is 1. The molecule has 1 saturated heterocycles. The highest BCUT2D eigenvalue weighted by atomic mass is 16.6. The van der Waals surface area contributed by atoms with Crippen molar-refractivity contribution in [2.24, 2.45) is 40.4 Å². The molecule has 1 heterocycles. The van der Waals surface area contributed by atoms with Gasteiger partial charge < -0.3 is 35.4 Å². The molecule has 6 N–H and O–H groups in total. The van der Waals surface area contributed by atoms with Crippen LogP contribution in [0.15, 0.2) is 29.8 Å². The van der Waals surface area contributed by atoms with Gasteiger partial charge in [-0.05, 0) is 135 Å². The summed E-state index contributed by atoms with van der Waals surface area (Å²) in [6.07, 6.45) is 4.73. The average molecular weight is 641 g/mol. The lowest BCUT2D eigenvalue weighted by atomic mass is 9.44. The maximum Gasteiger partial charge on any atom is 0.159 e. The number of ether oxygens (including phenoxy) is 1. The lowest BCUT2D eigenvalue weighted by Gasteiger charge is -2.61. The van der Waals surface area contributed by atoms with Crippen LogP contribution in [0.4, 0.5) is 0 Å². The molecule has 0 amide bonds. The first kappa shape index (κ1) is 34.1. The first-order valence-corrected chi connectivity index (χ1v) is 17.7. The lowest BCUT2D eigenvalue weighted by molar-refractivity contribution is -0.168. The maximum absolute atomic E-state index is 13.8. The van der Waals surface area contributed by atoms with E-state index in [0.29, 0.717) is 63.7 Å². The number of aliphatic hydroxyl groups excluding tert-OH is 3. The van der Waals surface area contributed by atoms with Crippen LogP contribution in [-0.4, -0.2) is 78.6 Å². The molecule has 1 aromatic rings. The number of rotatable bonds is 10. The Morgan fingerprint density at radius 1 is 1.02 bits per heavy atom. The van der Waals surface area contributed by atoms with E-state index in [1.807, 2.05) is 6.92 Å². The van der Waals surface area contributed by atoms with E-state index in [0.717, 1.165) is 16.7 Å². The summed E-state index contributed by atoms with van der Waals surface area (Å²) in [5, 5.41) is 66.8. The summed E-state index contributed by atoms with van der Waals surface area (Å²) < 4.78 is 6.23. The van der Waals surface area contributed by atoms with Crippen molar-refractivity contribution in [1.29, 1.82) is 0 Å². The quantitative estimate of drug-likeness (QED) is 0.208. The summed E-state index contributed by atoms with van der Waals surface area (Å²) in [6.45, 7) is 10.5. The van der Waals surface area contributed by atoms with Gasteiger partial charge in [0.1, 0.15) is 11.9 Å². The second kappa shape index (κ2) is 12.0. The molecule has 8 heteroatoms. The van der Waals surface area contributed by atoms with Gasteiger partial charge in [0.2, 0.25) is 0 Å². The van der Waals surface area contributed by atoms with Crippen LogP contribution in [0.3, 0.4) is 0 Å². The Kier molecular flexibility index (Phi) is 8.85. The number of epoxide rings is 1. The fraction of sp³-hybridized carbons (Fsp3) is 0.763. The first-order chi connectivity index (χ1) is 21.6.